The van der Waals surface area contributed by atoms with Crippen LogP contribution in [0, 0.1) is 0 Å². The zero-order chi connectivity index (χ0) is 4.12. The van der Waals surface area contributed by atoms with Gasteiger partial charge in [-0.15, -0.1) is 11.7 Å². The first-order chi connectivity index (χ1) is 2.41. The lowest BCUT2D eigenvalue weighted by Crippen LogP contribution is -1.66. The van der Waals surface area contributed by atoms with Crippen LogP contribution in [-0.2, 0) is 0 Å². The molecule has 0 aromatic heterocycles. The molecule has 5 heavy (non-hydrogen) atoms. The third-order valence-corrected chi connectivity index (χ3v) is 1.74. The summed E-state index contributed by atoms with van der Waals surface area (Å²) in [5, 5.41) is 0. The Morgan fingerprint density at radius 3 is 2.40 bits per heavy atom. The van der Waals surface area contributed by atoms with Gasteiger partial charge in [0, 0.05) is 16.0 Å². The van der Waals surface area contributed by atoms with E-state index in [1.54, 1.807) is 10.8 Å². The van der Waals surface area contributed by atoms with Crippen LogP contribution in [0.1, 0.15) is 0 Å². The Hall–Kier alpha value is 0.917. The van der Waals surface area contributed by atoms with Gasteiger partial charge in [0.15, 0.2) is 0 Å². The van der Waals surface area contributed by atoms with Crippen LogP contribution >= 0.6 is 22.5 Å². The van der Waals surface area contributed by atoms with Gasteiger partial charge in [-0.2, -0.15) is 0 Å². The molecule has 3 radical (unpaired) electrons. The molecule has 0 heterocycles. The average Bonchev–Trinajstić information content (AvgIpc) is 1.41. The van der Waals surface area contributed by atoms with Crippen molar-refractivity contribution in [3.8, 4) is 0 Å². The van der Waals surface area contributed by atoms with Crippen molar-refractivity contribution in [3.05, 3.63) is 0 Å². The van der Waals surface area contributed by atoms with Gasteiger partial charge in [0.1, 0.15) is 0 Å². The zero-order valence-corrected chi connectivity index (χ0v) is 5.48. The maximum Gasteiger partial charge on any atom is 0.0232 e. The van der Waals surface area contributed by atoms with Gasteiger partial charge in [0.05, 0.1) is 0 Å². The molecule has 0 unspecified atom stereocenters. The van der Waals surface area contributed by atoms with Gasteiger partial charge < -0.3 is 0 Å². The molecule has 0 aromatic rings. The van der Waals surface area contributed by atoms with Crippen molar-refractivity contribution in [3.63, 3.8) is 0 Å². The molecular weight excluding hydrogens is 116 g/mol. The van der Waals surface area contributed by atoms with Crippen LogP contribution < -0.4 is 0 Å². The van der Waals surface area contributed by atoms with Crippen molar-refractivity contribution in [1.29, 1.82) is 0 Å². The predicted molar refractivity (Wildman–Crippen MR) is 32.0 cm³/mol. The summed E-state index contributed by atoms with van der Waals surface area (Å²) >= 11 is 3.89. The Labute approximate surface area is 45.0 Å². The second-order valence-electron chi connectivity index (χ2n) is 0.583. The van der Waals surface area contributed by atoms with E-state index in [0.717, 1.165) is 11.8 Å². The van der Waals surface area contributed by atoms with Crippen LogP contribution in [0.4, 0.5) is 0 Å². The average molecular weight is 121 g/mol. The van der Waals surface area contributed by atoms with Gasteiger partial charge in [-0.05, 0) is 0 Å². The maximum absolute atomic E-state index is 3.89. The van der Waals surface area contributed by atoms with Crippen LogP contribution in [0.3, 0.4) is 0 Å². The molecule has 0 nitrogen and oxygen atoms in total. The topological polar surface area (TPSA) is 0 Å². The molecule has 0 bridgehead atoms. The normalized spacial score (nSPS) is 8.40. The van der Waals surface area contributed by atoms with Crippen molar-refractivity contribution < 1.29 is 0 Å². The van der Waals surface area contributed by atoms with E-state index in [2.05, 4.69) is 21.9 Å². The molecule has 29 valence electrons. The van der Waals surface area contributed by atoms with E-state index in [9.17, 15) is 0 Å². The summed E-state index contributed by atoms with van der Waals surface area (Å²) < 4.78 is 0. The standard InChI is InChI=1S/C2H5S2Si/c3-4-1-2-5/h3H,1-2H2. The lowest BCUT2D eigenvalue weighted by molar-refractivity contribution is 1.52. The molecular formula is C2H5S2Si. The lowest BCUT2D eigenvalue weighted by atomic mass is 11.0. The van der Waals surface area contributed by atoms with Crippen LogP contribution in [0.15, 0.2) is 0 Å². The van der Waals surface area contributed by atoms with E-state index >= 15 is 0 Å². The van der Waals surface area contributed by atoms with Gasteiger partial charge in [-0.3, -0.25) is 0 Å². The monoisotopic (exact) mass is 121 g/mol. The van der Waals surface area contributed by atoms with E-state index in [-0.39, 0.29) is 0 Å². The summed E-state index contributed by atoms with van der Waals surface area (Å²) in [5.41, 5.74) is 0. The molecule has 3 heteroatoms. The lowest BCUT2D eigenvalue weighted by Gasteiger charge is -1.78. The van der Waals surface area contributed by atoms with E-state index in [1.807, 2.05) is 0 Å². The number of rotatable bonds is 2. The third kappa shape index (κ3) is 4.92. The molecule has 0 aliphatic carbocycles. The number of hydrogen-bond donors (Lipinski definition) is 1. The van der Waals surface area contributed by atoms with Gasteiger partial charge in [-0.1, -0.05) is 16.8 Å². The second-order valence-corrected chi connectivity index (χ2v) is 2.52. The number of hydrogen-bond acceptors (Lipinski definition) is 2. The molecule has 0 saturated carbocycles. The van der Waals surface area contributed by atoms with Gasteiger partial charge in [0.2, 0.25) is 0 Å². The smallest absolute Gasteiger partial charge is 0.0232 e. The van der Waals surface area contributed by atoms with Crippen molar-refractivity contribution in [2.75, 3.05) is 5.75 Å². The Kier molecular flexibility index (Phi) is 5.82. The highest BCUT2D eigenvalue weighted by molar-refractivity contribution is 8.68. The SMILES string of the molecule is [Si]CCSS. The minimum absolute atomic E-state index is 1.04. The minimum atomic E-state index is 1.04. The van der Waals surface area contributed by atoms with Gasteiger partial charge >= 0.3 is 0 Å². The molecule has 0 saturated heterocycles. The summed E-state index contributed by atoms with van der Waals surface area (Å²) in [5.74, 6) is 1.08. The molecule has 0 rings (SSSR count). The first-order valence-electron chi connectivity index (χ1n) is 1.32. The fraction of sp³-hybridized carbons (Fsp3) is 1.00. The first kappa shape index (κ1) is 5.92. The van der Waals surface area contributed by atoms with Crippen LogP contribution in [0.2, 0.25) is 6.04 Å². The van der Waals surface area contributed by atoms with E-state index in [1.165, 1.54) is 0 Å². The highest BCUT2D eigenvalue weighted by Crippen LogP contribution is 2.03. The summed E-state index contributed by atoms with van der Waals surface area (Å²) in [6, 6.07) is 1.04. The molecule has 0 spiro atoms. The second kappa shape index (κ2) is 4.92. The highest BCUT2D eigenvalue weighted by Gasteiger charge is 1.69. The zero-order valence-electron chi connectivity index (χ0n) is 2.77. The largest absolute Gasteiger partial charge is 0.111 e. The Morgan fingerprint density at radius 1 is 1.80 bits per heavy atom. The Morgan fingerprint density at radius 2 is 2.40 bits per heavy atom. The first-order valence-corrected chi connectivity index (χ1v) is 4.07. The van der Waals surface area contributed by atoms with Crippen LogP contribution in [-0.4, -0.2) is 16.0 Å². The molecule has 0 atom stereocenters. The van der Waals surface area contributed by atoms with Crippen molar-refractivity contribution >= 4 is 32.7 Å². The quantitative estimate of drug-likeness (QED) is 0.325. The fourth-order valence-electron chi connectivity index (χ4n) is 0.0456. The summed E-state index contributed by atoms with van der Waals surface area (Å²) in [6.45, 7) is 0. The van der Waals surface area contributed by atoms with Gasteiger partial charge in [-0.25, -0.2) is 0 Å². The Bertz CT molecular complexity index is 15.1. The molecule has 0 N–H and O–H groups in total. The van der Waals surface area contributed by atoms with Crippen molar-refractivity contribution in [1.82, 2.24) is 0 Å². The van der Waals surface area contributed by atoms with Crippen LogP contribution in [0.25, 0.3) is 0 Å². The van der Waals surface area contributed by atoms with Crippen molar-refractivity contribution in [2.24, 2.45) is 0 Å². The van der Waals surface area contributed by atoms with E-state index < -0.39 is 0 Å². The van der Waals surface area contributed by atoms with E-state index in [0.29, 0.717) is 0 Å². The van der Waals surface area contributed by atoms with Crippen molar-refractivity contribution in [2.45, 2.75) is 6.04 Å². The fourth-order valence-corrected chi connectivity index (χ4v) is 1.23. The molecule has 0 aliphatic rings. The van der Waals surface area contributed by atoms with Crippen LogP contribution in [0.5, 0.6) is 0 Å². The summed E-state index contributed by atoms with van der Waals surface area (Å²) in [7, 11) is 4.83. The third-order valence-electron chi connectivity index (χ3n) is 0.193. The summed E-state index contributed by atoms with van der Waals surface area (Å²) in [6.07, 6.45) is 0. The number of thiol groups is 1. The molecule has 0 aliphatic heterocycles. The summed E-state index contributed by atoms with van der Waals surface area (Å²) in [4.78, 5) is 0. The molecule has 0 fully saturated rings. The molecule has 0 amide bonds. The minimum Gasteiger partial charge on any atom is -0.111 e. The van der Waals surface area contributed by atoms with Gasteiger partial charge in [0.25, 0.3) is 0 Å². The molecule has 0 aromatic carbocycles. The maximum atomic E-state index is 3.89. The highest BCUT2D eigenvalue weighted by atomic mass is 33.1. The predicted octanol–water partition coefficient (Wildman–Crippen LogP) is 1.15. The Balaban J connectivity index is 2.19. The van der Waals surface area contributed by atoms with E-state index in [4.69, 9.17) is 0 Å².